The van der Waals surface area contributed by atoms with E-state index in [0.717, 1.165) is 5.56 Å². The Morgan fingerprint density at radius 1 is 1.12 bits per heavy atom. The van der Waals surface area contributed by atoms with Crippen molar-refractivity contribution < 1.29 is 9.13 Å². The molecule has 17 heavy (non-hydrogen) atoms. The summed E-state index contributed by atoms with van der Waals surface area (Å²) in [5.41, 5.74) is 1.01. The van der Waals surface area contributed by atoms with Gasteiger partial charge in [0.2, 0.25) is 0 Å². The quantitative estimate of drug-likeness (QED) is 0.526. The summed E-state index contributed by atoms with van der Waals surface area (Å²) >= 11 is 5.23. The minimum atomic E-state index is -0.323. The van der Waals surface area contributed by atoms with Crippen molar-refractivity contribution in [1.29, 1.82) is 0 Å². The Bertz CT molecular complexity index is 516. The maximum Gasteiger partial charge on any atom is 0.179 e. The van der Waals surface area contributed by atoms with Gasteiger partial charge in [-0.3, -0.25) is 0 Å². The molecule has 0 heterocycles. The predicted molar refractivity (Wildman–Crippen MR) is 77.6 cm³/mol. The SMILES string of the molecule is Fc1c(I)ccc(Br)c1OCc1ccccc1. The van der Waals surface area contributed by atoms with E-state index in [4.69, 9.17) is 4.74 Å². The first-order valence-corrected chi connectivity index (χ1v) is 6.86. The molecule has 4 heteroatoms. The van der Waals surface area contributed by atoms with Gasteiger partial charge in [-0.15, -0.1) is 0 Å². The molecule has 0 saturated heterocycles. The monoisotopic (exact) mass is 406 g/mol. The van der Waals surface area contributed by atoms with E-state index < -0.39 is 0 Å². The van der Waals surface area contributed by atoms with Gasteiger partial charge in [0.05, 0.1) is 8.04 Å². The van der Waals surface area contributed by atoms with Crippen LogP contribution in [0, 0.1) is 9.39 Å². The van der Waals surface area contributed by atoms with E-state index in [9.17, 15) is 4.39 Å². The zero-order valence-electron chi connectivity index (χ0n) is 8.79. The summed E-state index contributed by atoms with van der Waals surface area (Å²) in [6.45, 7) is 0.358. The van der Waals surface area contributed by atoms with E-state index >= 15 is 0 Å². The van der Waals surface area contributed by atoms with Crippen LogP contribution in [0.4, 0.5) is 4.39 Å². The van der Waals surface area contributed by atoms with E-state index in [-0.39, 0.29) is 11.6 Å². The van der Waals surface area contributed by atoms with E-state index in [1.165, 1.54) is 0 Å². The Morgan fingerprint density at radius 2 is 1.82 bits per heavy atom. The first-order valence-electron chi connectivity index (χ1n) is 4.98. The molecule has 88 valence electrons. The summed E-state index contributed by atoms with van der Waals surface area (Å²) in [6, 6.07) is 13.2. The lowest BCUT2D eigenvalue weighted by Crippen LogP contribution is -1.99. The van der Waals surface area contributed by atoms with Crippen LogP contribution in [-0.4, -0.2) is 0 Å². The van der Waals surface area contributed by atoms with Gasteiger partial charge in [0.25, 0.3) is 0 Å². The van der Waals surface area contributed by atoms with E-state index in [2.05, 4.69) is 15.9 Å². The summed E-state index contributed by atoms with van der Waals surface area (Å²) in [4.78, 5) is 0. The number of hydrogen-bond donors (Lipinski definition) is 0. The largest absolute Gasteiger partial charge is 0.485 e. The van der Waals surface area contributed by atoms with Gasteiger partial charge >= 0.3 is 0 Å². The van der Waals surface area contributed by atoms with Crippen molar-refractivity contribution in [3.8, 4) is 5.75 Å². The number of halogens is 3. The van der Waals surface area contributed by atoms with Crippen LogP contribution in [0.15, 0.2) is 46.9 Å². The average molecular weight is 407 g/mol. The second-order valence-corrected chi connectivity index (χ2v) is 5.46. The molecule has 2 rings (SSSR count). The Balaban J connectivity index is 2.17. The molecule has 0 atom stereocenters. The van der Waals surface area contributed by atoms with Crippen molar-refractivity contribution in [2.45, 2.75) is 6.61 Å². The molecule has 0 N–H and O–H groups in total. The smallest absolute Gasteiger partial charge is 0.179 e. The Kier molecular flexibility index (Phi) is 4.39. The maximum atomic E-state index is 13.8. The highest BCUT2D eigenvalue weighted by molar-refractivity contribution is 14.1. The summed E-state index contributed by atoms with van der Waals surface area (Å²) in [5, 5.41) is 0. The molecule has 0 amide bonds. The van der Waals surface area contributed by atoms with Crippen LogP contribution in [0.2, 0.25) is 0 Å². The molecule has 0 aliphatic heterocycles. The molecule has 2 aromatic carbocycles. The van der Waals surface area contributed by atoms with Crippen LogP contribution < -0.4 is 4.74 Å². The summed E-state index contributed by atoms with van der Waals surface area (Å²) in [7, 11) is 0. The van der Waals surface area contributed by atoms with Crippen molar-refractivity contribution in [3.63, 3.8) is 0 Å². The van der Waals surface area contributed by atoms with Crippen LogP contribution in [0.5, 0.6) is 5.75 Å². The van der Waals surface area contributed by atoms with Gasteiger partial charge in [0.1, 0.15) is 6.61 Å². The molecule has 0 unspecified atom stereocenters. The fraction of sp³-hybridized carbons (Fsp3) is 0.0769. The van der Waals surface area contributed by atoms with Crippen LogP contribution in [0.1, 0.15) is 5.56 Å². The van der Waals surface area contributed by atoms with Crippen molar-refractivity contribution in [3.05, 3.63) is 61.9 Å². The highest BCUT2D eigenvalue weighted by atomic mass is 127. The number of rotatable bonds is 3. The molecule has 0 bridgehead atoms. The zero-order chi connectivity index (χ0) is 12.3. The molecule has 0 spiro atoms. The first kappa shape index (κ1) is 12.8. The minimum Gasteiger partial charge on any atom is -0.485 e. The van der Waals surface area contributed by atoms with Crippen molar-refractivity contribution in [1.82, 2.24) is 0 Å². The molecule has 0 saturated carbocycles. The summed E-state index contributed by atoms with van der Waals surface area (Å²) < 4.78 is 20.5. The fourth-order valence-electron chi connectivity index (χ4n) is 1.37. The Labute approximate surface area is 121 Å². The van der Waals surface area contributed by atoms with E-state index in [1.807, 2.05) is 52.9 Å². The maximum absolute atomic E-state index is 13.8. The van der Waals surface area contributed by atoms with Crippen molar-refractivity contribution in [2.24, 2.45) is 0 Å². The van der Waals surface area contributed by atoms with Gasteiger partial charge in [0.15, 0.2) is 11.6 Å². The highest BCUT2D eigenvalue weighted by Gasteiger charge is 2.11. The summed E-state index contributed by atoms with van der Waals surface area (Å²) in [5.74, 6) is -0.0586. The molecule has 0 radical (unpaired) electrons. The van der Waals surface area contributed by atoms with Crippen LogP contribution in [0.25, 0.3) is 0 Å². The minimum absolute atomic E-state index is 0.265. The second kappa shape index (κ2) is 5.82. The van der Waals surface area contributed by atoms with E-state index in [1.54, 1.807) is 12.1 Å². The van der Waals surface area contributed by atoms with Crippen LogP contribution in [0.3, 0.4) is 0 Å². The first-order chi connectivity index (χ1) is 8.18. The van der Waals surface area contributed by atoms with Gasteiger partial charge in [-0.2, -0.15) is 0 Å². The molecular weight excluding hydrogens is 398 g/mol. The molecule has 2 aromatic rings. The van der Waals surface area contributed by atoms with Gasteiger partial charge in [-0.25, -0.2) is 4.39 Å². The lowest BCUT2D eigenvalue weighted by atomic mass is 10.2. The third-order valence-electron chi connectivity index (χ3n) is 2.23. The lowest BCUT2D eigenvalue weighted by molar-refractivity contribution is 0.287. The normalized spacial score (nSPS) is 10.3. The molecular formula is C13H9BrFIO. The van der Waals surface area contributed by atoms with Crippen molar-refractivity contribution >= 4 is 38.5 Å². The number of ether oxygens (including phenoxy) is 1. The number of hydrogen-bond acceptors (Lipinski definition) is 1. The van der Waals surface area contributed by atoms with Gasteiger partial charge < -0.3 is 4.74 Å². The van der Waals surface area contributed by atoms with E-state index in [0.29, 0.717) is 14.6 Å². The molecule has 0 fully saturated rings. The Hall–Kier alpha value is -0.620. The topological polar surface area (TPSA) is 9.23 Å². The number of benzene rings is 2. The molecule has 0 aromatic heterocycles. The Morgan fingerprint density at radius 3 is 2.53 bits per heavy atom. The summed E-state index contributed by atoms with van der Waals surface area (Å²) in [6.07, 6.45) is 0. The fourth-order valence-corrected chi connectivity index (χ4v) is 2.22. The molecule has 1 nitrogen and oxygen atoms in total. The third-order valence-corrected chi connectivity index (χ3v) is 3.69. The van der Waals surface area contributed by atoms with Gasteiger partial charge in [-0.1, -0.05) is 30.3 Å². The van der Waals surface area contributed by atoms with Crippen molar-refractivity contribution in [2.75, 3.05) is 0 Å². The molecule has 0 aliphatic rings. The second-order valence-electron chi connectivity index (χ2n) is 3.45. The zero-order valence-corrected chi connectivity index (χ0v) is 12.5. The highest BCUT2D eigenvalue weighted by Crippen LogP contribution is 2.31. The van der Waals surface area contributed by atoms with Crippen LogP contribution in [-0.2, 0) is 6.61 Å². The third kappa shape index (κ3) is 3.19. The predicted octanol–water partition coefficient (Wildman–Crippen LogP) is 4.77. The lowest BCUT2D eigenvalue weighted by Gasteiger charge is -2.10. The average Bonchev–Trinajstić information content (AvgIpc) is 2.35. The molecule has 0 aliphatic carbocycles. The van der Waals surface area contributed by atoms with Gasteiger partial charge in [0, 0.05) is 0 Å². The standard InChI is InChI=1S/C13H9BrFIO/c14-10-6-7-11(16)12(15)13(10)17-8-9-4-2-1-3-5-9/h1-7H,8H2. The van der Waals surface area contributed by atoms with Gasteiger partial charge in [-0.05, 0) is 56.2 Å². The van der Waals surface area contributed by atoms with Crippen LogP contribution >= 0.6 is 38.5 Å².